The van der Waals surface area contributed by atoms with Crippen LogP contribution in [0.2, 0.25) is 0 Å². The van der Waals surface area contributed by atoms with Crippen molar-refractivity contribution in [1.29, 1.82) is 0 Å². The normalized spacial score (nSPS) is 21.5. The van der Waals surface area contributed by atoms with E-state index in [0.717, 1.165) is 35.4 Å². The van der Waals surface area contributed by atoms with E-state index in [9.17, 15) is 0 Å². The first kappa shape index (κ1) is 13.9. The summed E-state index contributed by atoms with van der Waals surface area (Å²) in [6.45, 7) is 2.88. The molecule has 1 aromatic carbocycles. The van der Waals surface area contributed by atoms with Gasteiger partial charge in [0.05, 0.1) is 26.4 Å². The van der Waals surface area contributed by atoms with Gasteiger partial charge in [0.15, 0.2) is 11.5 Å². The second-order valence-corrected chi connectivity index (χ2v) is 5.20. The summed E-state index contributed by atoms with van der Waals surface area (Å²) in [4.78, 5) is 4.47. The molecule has 2 unspecified atom stereocenters. The molecule has 0 amide bonds. The Hall–Kier alpha value is -2.01. The monoisotopic (exact) mass is 288 g/mol. The zero-order chi connectivity index (χ0) is 14.8. The minimum atomic E-state index is 0.196. The summed E-state index contributed by atoms with van der Waals surface area (Å²) in [5, 5.41) is 5.58. The van der Waals surface area contributed by atoms with Gasteiger partial charge in [-0.3, -0.25) is 0 Å². The average Bonchev–Trinajstić information content (AvgIpc) is 2.91. The Kier molecular flexibility index (Phi) is 3.84. The number of aromatic nitrogens is 1. The molecule has 3 rings (SSSR count). The van der Waals surface area contributed by atoms with Crippen LogP contribution in [0.25, 0.3) is 10.8 Å². The van der Waals surface area contributed by atoms with Crippen molar-refractivity contribution in [2.75, 3.05) is 26.1 Å². The molecule has 21 heavy (non-hydrogen) atoms. The largest absolute Gasteiger partial charge is 0.493 e. The molecule has 1 fully saturated rings. The van der Waals surface area contributed by atoms with Crippen LogP contribution in [-0.4, -0.2) is 38.0 Å². The lowest BCUT2D eigenvalue weighted by Gasteiger charge is -2.18. The Morgan fingerprint density at radius 3 is 2.67 bits per heavy atom. The number of anilines is 1. The molecule has 5 heteroatoms. The maximum Gasteiger partial charge on any atom is 0.161 e. The van der Waals surface area contributed by atoms with E-state index in [1.807, 2.05) is 18.2 Å². The van der Waals surface area contributed by atoms with Crippen molar-refractivity contribution in [3.05, 3.63) is 24.4 Å². The maximum atomic E-state index is 5.60. The lowest BCUT2D eigenvalue weighted by atomic mass is 10.1. The van der Waals surface area contributed by atoms with E-state index in [1.165, 1.54) is 0 Å². The third-order valence-electron chi connectivity index (χ3n) is 3.97. The van der Waals surface area contributed by atoms with Crippen molar-refractivity contribution >= 4 is 16.6 Å². The Bertz CT molecular complexity index is 645. The predicted octanol–water partition coefficient (Wildman–Crippen LogP) is 2.84. The van der Waals surface area contributed by atoms with Gasteiger partial charge in [0, 0.05) is 18.2 Å². The van der Waals surface area contributed by atoms with Gasteiger partial charge < -0.3 is 19.5 Å². The number of ether oxygens (including phenoxy) is 3. The topological polar surface area (TPSA) is 52.6 Å². The number of hydrogen-bond donors (Lipinski definition) is 1. The maximum absolute atomic E-state index is 5.60. The van der Waals surface area contributed by atoms with Crippen LogP contribution < -0.4 is 14.8 Å². The first-order valence-corrected chi connectivity index (χ1v) is 7.12. The number of fused-ring (bicyclic) bond motifs is 1. The minimum Gasteiger partial charge on any atom is -0.493 e. The first-order chi connectivity index (χ1) is 10.2. The van der Waals surface area contributed by atoms with Crippen molar-refractivity contribution in [3.8, 4) is 11.5 Å². The van der Waals surface area contributed by atoms with E-state index < -0.39 is 0 Å². The number of nitrogens with one attached hydrogen (secondary N) is 1. The number of hydrogen-bond acceptors (Lipinski definition) is 5. The predicted molar refractivity (Wildman–Crippen MR) is 82.3 cm³/mol. The zero-order valence-electron chi connectivity index (χ0n) is 12.6. The third kappa shape index (κ3) is 2.61. The van der Waals surface area contributed by atoms with Gasteiger partial charge in [-0.15, -0.1) is 0 Å². The fourth-order valence-corrected chi connectivity index (χ4v) is 2.71. The molecule has 0 aliphatic carbocycles. The molecule has 2 aromatic rings. The van der Waals surface area contributed by atoms with Crippen molar-refractivity contribution in [1.82, 2.24) is 4.98 Å². The third-order valence-corrected chi connectivity index (χ3v) is 3.97. The van der Waals surface area contributed by atoms with Crippen LogP contribution in [0, 0.1) is 0 Å². The molecule has 1 aliphatic rings. The molecule has 2 heterocycles. The molecular weight excluding hydrogens is 268 g/mol. The molecule has 112 valence electrons. The van der Waals surface area contributed by atoms with Crippen LogP contribution in [-0.2, 0) is 4.74 Å². The number of benzene rings is 1. The molecule has 0 spiro atoms. The molecule has 1 aliphatic heterocycles. The second kappa shape index (κ2) is 5.77. The number of methoxy groups -OCH3 is 2. The van der Waals surface area contributed by atoms with Crippen LogP contribution in [0.15, 0.2) is 24.4 Å². The van der Waals surface area contributed by atoms with Crippen LogP contribution in [0.1, 0.15) is 13.3 Å². The Labute approximate surface area is 124 Å². The fraction of sp³-hybridized carbons (Fsp3) is 0.438. The molecule has 1 aromatic heterocycles. The molecule has 1 N–H and O–H groups in total. The molecule has 2 atom stereocenters. The lowest BCUT2D eigenvalue weighted by molar-refractivity contribution is 0.121. The summed E-state index contributed by atoms with van der Waals surface area (Å²) in [5.74, 6) is 2.28. The number of rotatable bonds is 4. The van der Waals surface area contributed by atoms with Crippen molar-refractivity contribution < 1.29 is 14.2 Å². The van der Waals surface area contributed by atoms with Gasteiger partial charge in [-0.2, -0.15) is 0 Å². The average molecular weight is 288 g/mol. The highest BCUT2D eigenvalue weighted by Gasteiger charge is 2.25. The molecule has 5 nitrogen and oxygen atoms in total. The molecule has 1 saturated heterocycles. The Balaban J connectivity index is 2.02. The van der Waals surface area contributed by atoms with E-state index in [4.69, 9.17) is 14.2 Å². The van der Waals surface area contributed by atoms with E-state index in [0.29, 0.717) is 5.75 Å². The van der Waals surface area contributed by atoms with Gasteiger partial charge in [0.1, 0.15) is 5.82 Å². The Morgan fingerprint density at radius 1 is 1.24 bits per heavy atom. The summed E-state index contributed by atoms with van der Waals surface area (Å²) in [5.41, 5.74) is 0. The van der Waals surface area contributed by atoms with Gasteiger partial charge in [-0.25, -0.2) is 4.98 Å². The van der Waals surface area contributed by atoms with Crippen LogP contribution >= 0.6 is 0 Å². The van der Waals surface area contributed by atoms with Crippen LogP contribution in [0.4, 0.5) is 5.82 Å². The summed E-state index contributed by atoms with van der Waals surface area (Å²) >= 11 is 0. The highest BCUT2D eigenvalue weighted by atomic mass is 16.5. The van der Waals surface area contributed by atoms with Crippen LogP contribution in [0.5, 0.6) is 11.5 Å². The standard InChI is InChI=1S/C16H20N2O3/c1-10-13(5-7-21-10)18-16-12-9-15(20-3)14(19-2)8-11(12)4-6-17-16/h4,6,8-10,13H,5,7H2,1-3H3,(H,17,18). The van der Waals surface area contributed by atoms with E-state index in [-0.39, 0.29) is 12.1 Å². The Morgan fingerprint density at radius 2 is 2.00 bits per heavy atom. The van der Waals surface area contributed by atoms with Crippen molar-refractivity contribution in [2.24, 2.45) is 0 Å². The van der Waals surface area contributed by atoms with E-state index in [1.54, 1.807) is 20.4 Å². The highest BCUT2D eigenvalue weighted by molar-refractivity contribution is 5.94. The van der Waals surface area contributed by atoms with Gasteiger partial charge in [0.2, 0.25) is 0 Å². The summed E-state index contributed by atoms with van der Waals surface area (Å²) in [6, 6.07) is 6.19. The first-order valence-electron chi connectivity index (χ1n) is 7.12. The zero-order valence-corrected chi connectivity index (χ0v) is 12.6. The SMILES string of the molecule is COc1cc2ccnc(NC3CCOC3C)c2cc1OC. The molecular formula is C16H20N2O3. The van der Waals surface area contributed by atoms with Gasteiger partial charge in [-0.05, 0) is 36.9 Å². The smallest absolute Gasteiger partial charge is 0.161 e. The summed E-state index contributed by atoms with van der Waals surface area (Å²) < 4.78 is 16.3. The summed E-state index contributed by atoms with van der Waals surface area (Å²) in [7, 11) is 3.28. The fourth-order valence-electron chi connectivity index (χ4n) is 2.71. The quantitative estimate of drug-likeness (QED) is 0.937. The molecule has 0 radical (unpaired) electrons. The highest BCUT2D eigenvalue weighted by Crippen LogP contribution is 2.35. The summed E-state index contributed by atoms with van der Waals surface area (Å²) in [6.07, 6.45) is 2.99. The van der Waals surface area contributed by atoms with E-state index in [2.05, 4.69) is 17.2 Å². The molecule has 0 saturated carbocycles. The second-order valence-electron chi connectivity index (χ2n) is 5.20. The minimum absolute atomic E-state index is 0.196. The van der Waals surface area contributed by atoms with Gasteiger partial charge in [0.25, 0.3) is 0 Å². The van der Waals surface area contributed by atoms with E-state index >= 15 is 0 Å². The van der Waals surface area contributed by atoms with Gasteiger partial charge >= 0.3 is 0 Å². The lowest BCUT2D eigenvalue weighted by Crippen LogP contribution is -2.27. The number of nitrogens with zero attached hydrogens (tertiary/aromatic N) is 1. The number of pyridine rings is 1. The van der Waals surface area contributed by atoms with Crippen LogP contribution in [0.3, 0.4) is 0 Å². The van der Waals surface area contributed by atoms with Crippen molar-refractivity contribution in [2.45, 2.75) is 25.5 Å². The molecule has 0 bridgehead atoms. The van der Waals surface area contributed by atoms with Crippen molar-refractivity contribution in [3.63, 3.8) is 0 Å². The van der Waals surface area contributed by atoms with Gasteiger partial charge in [-0.1, -0.05) is 0 Å².